The van der Waals surface area contributed by atoms with Crippen molar-refractivity contribution >= 4 is 17.9 Å². The van der Waals surface area contributed by atoms with Crippen molar-refractivity contribution in [1.29, 1.82) is 0 Å². The number of carbonyl (C=O) groups excluding carboxylic acids is 3. The second-order valence-electron chi connectivity index (χ2n) is 21.6. The van der Waals surface area contributed by atoms with Crippen molar-refractivity contribution in [2.45, 2.75) is 284 Å². The van der Waals surface area contributed by atoms with E-state index in [0.717, 1.165) is 154 Å². The van der Waals surface area contributed by atoms with E-state index in [2.05, 4.69) is 191 Å². The second-order valence-corrected chi connectivity index (χ2v) is 21.6. The van der Waals surface area contributed by atoms with Crippen molar-refractivity contribution in [3.8, 4) is 0 Å². The summed E-state index contributed by atoms with van der Waals surface area (Å²) in [6, 6.07) is 0. The van der Waals surface area contributed by atoms with Gasteiger partial charge in [-0.3, -0.25) is 14.4 Å². The van der Waals surface area contributed by atoms with Gasteiger partial charge < -0.3 is 14.2 Å². The van der Waals surface area contributed by atoms with Crippen molar-refractivity contribution in [1.82, 2.24) is 0 Å². The molecule has 0 bridgehead atoms. The SMILES string of the molecule is CC/C=C\C/C=C\C/C=C\C/C=C\C/C=C\C/C=C\C/C=C\C/C=C\C/C=C\CCCC(=O)OCC(COC(=O)CCCCCCC/C=C\C/C=C\CCCCC)OC(=O)CCCCCCCC/C=C\C/C=C\C/C=C\CCCCCCC. The van der Waals surface area contributed by atoms with Gasteiger partial charge in [-0.15, -0.1) is 0 Å². The molecule has 0 aliphatic rings. The number of rotatable bonds is 59. The van der Waals surface area contributed by atoms with E-state index >= 15 is 0 Å². The van der Waals surface area contributed by atoms with Crippen LogP contribution in [0, 0.1) is 0 Å². The van der Waals surface area contributed by atoms with Crippen LogP contribution in [0.2, 0.25) is 0 Å². The molecule has 466 valence electrons. The Bertz CT molecular complexity index is 1890. The summed E-state index contributed by atoms with van der Waals surface area (Å²) in [7, 11) is 0. The molecule has 0 N–H and O–H groups in total. The van der Waals surface area contributed by atoms with Gasteiger partial charge in [-0.2, -0.15) is 0 Å². The maximum absolute atomic E-state index is 12.9. The van der Waals surface area contributed by atoms with Crippen molar-refractivity contribution in [3.05, 3.63) is 170 Å². The van der Waals surface area contributed by atoms with E-state index in [0.29, 0.717) is 19.3 Å². The van der Waals surface area contributed by atoms with E-state index in [9.17, 15) is 14.4 Å². The molecule has 0 fully saturated rings. The first-order valence-electron chi connectivity index (χ1n) is 33.6. The molecule has 0 saturated heterocycles. The van der Waals surface area contributed by atoms with Gasteiger partial charge in [-0.1, -0.05) is 274 Å². The lowest BCUT2D eigenvalue weighted by atomic mass is 10.1. The lowest BCUT2D eigenvalue weighted by molar-refractivity contribution is -0.167. The van der Waals surface area contributed by atoms with Gasteiger partial charge in [-0.25, -0.2) is 0 Å². The molecule has 0 aromatic heterocycles. The normalized spacial score (nSPS) is 13.2. The number of carbonyl (C=O) groups is 3. The summed E-state index contributed by atoms with van der Waals surface area (Å²) in [5, 5.41) is 0. The maximum atomic E-state index is 12.9. The number of ether oxygens (including phenoxy) is 3. The van der Waals surface area contributed by atoms with Crippen LogP contribution < -0.4 is 0 Å². The monoisotopic (exact) mass is 1140 g/mol. The Kier molecular flexibility index (Phi) is 64.9. The predicted molar refractivity (Wildman–Crippen MR) is 361 cm³/mol. The summed E-state index contributed by atoms with van der Waals surface area (Å²) in [6.45, 7) is 6.42. The molecule has 83 heavy (non-hydrogen) atoms. The van der Waals surface area contributed by atoms with Crippen LogP contribution in [0.5, 0.6) is 0 Å². The molecule has 6 heteroatoms. The van der Waals surface area contributed by atoms with E-state index in [4.69, 9.17) is 14.2 Å². The molecule has 0 aromatic rings. The van der Waals surface area contributed by atoms with Gasteiger partial charge in [0.15, 0.2) is 6.10 Å². The highest BCUT2D eigenvalue weighted by molar-refractivity contribution is 5.71. The molecule has 6 nitrogen and oxygen atoms in total. The van der Waals surface area contributed by atoms with Gasteiger partial charge in [-0.05, 0) is 154 Å². The molecule has 1 atom stereocenters. The minimum atomic E-state index is -0.825. The molecule has 0 amide bonds. The summed E-state index contributed by atoms with van der Waals surface area (Å²) in [5.41, 5.74) is 0. The second kappa shape index (κ2) is 69.3. The fourth-order valence-corrected chi connectivity index (χ4v) is 8.66. The number of allylic oxidation sites excluding steroid dienone is 28. The fraction of sp³-hybridized carbons (Fsp3) is 0.597. The summed E-state index contributed by atoms with van der Waals surface area (Å²) < 4.78 is 16.9. The summed E-state index contributed by atoms with van der Waals surface area (Å²) in [6.07, 6.45) is 102. The van der Waals surface area contributed by atoms with Crippen molar-refractivity contribution < 1.29 is 28.6 Å². The van der Waals surface area contributed by atoms with E-state index in [-0.39, 0.29) is 37.5 Å². The largest absolute Gasteiger partial charge is 0.462 e. The van der Waals surface area contributed by atoms with E-state index in [1.165, 1.54) is 77.0 Å². The standard InChI is InChI=1S/C77H122O6/c1-4-7-10-13-16-19-22-25-28-30-32-34-35-36-37-38-39-40-41-43-44-46-49-52-55-58-61-64-67-70-76(79)82-73-74(72-81-75(78)69-66-63-60-57-54-51-48-27-24-21-18-15-12-9-6-3)83-77(80)71-68-65-62-59-56-53-50-47-45-42-33-31-29-26-23-20-17-14-11-8-5-2/h7,10,16,18-19,21,23,25-28,31-34,36-37,39-40,43-45,47-49,52,58,61,74H,4-6,8-9,11-15,17,20,22,24,29-30,35,38,41-42,46,50-51,53-57,59-60,62-73H2,1-3H3/b10-7-,19-16-,21-18-,26-23-,28-25-,33-31-,34-32-,37-36-,40-39-,44-43-,47-45-,48-27-,52-49-,61-58-. The first-order chi connectivity index (χ1) is 41.0. The Morgan fingerprint density at radius 2 is 0.482 bits per heavy atom. The van der Waals surface area contributed by atoms with Crippen molar-refractivity contribution in [3.63, 3.8) is 0 Å². The van der Waals surface area contributed by atoms with E-state index < -0.39 is 6.10 Å². The van der Waals surface area contributed by atoms with Crippen molar-refractivity contribution in [2.75, 3.05) is 13.2 Å². The molecular formula is C77H122O6. The molecule has 0 radical (unpaired) electrons. The molecule has 0 heterocycles. The maximum Gasteiger partial charge on any atom is 0.306 e. The Labute approximate surface area is 511 Å². The molecular weight excluding hydrogens is 1020 g/mol. The van der Waals surface area contributed by atoms with Gasteiger partial charge in [0.1, 0.15) is 13.2 Å². The molecule has 0 aliphatic carbocycles. The lowest BCUT2D eigenvalue weighted by Crippen LogP contribution is -2.30. The fourth-order valence-electron chi connectivity index (χ4n) is 8.66. The Morgan fingerprint density at radius 1 is 0.253 bits per heavy atom. The Balaban J connectivity index is 4.53. The number of hydrogen-bond donors (Lipinski definition) is 0. The highest BCUT2D eigenvalue weighted by Gasteiger charge is 2.19. The lowest BCUT2D eigenvalue weighted by Gasteiger charge is -2.18. The molecule has 0 aliphatic heterocycles. The highest BCUT2D eigenvalue weighted by atomic mass is 16.6. The van der Waals surface area contributed by atoms with Gasteiger partial charge in [0.25, 0.3) is 0 Å². The van der Waals surface area contributed by atoms with Gasteiger partial charge >= 0.3 is 17.9 Å². The predicted octanol–water partition coefficient (Wildman–Crippen LogP) is 23.4. The van der Waals surface area contributed by atoms with Gasteiger partial charge in [0.05, 0.1) is 0 Å². The van der Waals surface area contributed by atoms with Gasteiger partial charge in [0.2, 0.25) is 0 Å². The van der Waals surface area contributed by atoms with Crippen LogP contribution in [-0.2, 0) is 28.6 Å². The molecule has 0 rings (SSSR count). The van der Waals surface area contributed by atoms with Gasteiger partial charge in [0, 0.05) is 19.3 Å². The third-order valence-electron chi connectivity index (χ3n) is 13.7. The summed E-state index contributed by atoms with van der Waals surface area (Å²) >= 11 is 0. The van der Waals surface area contributed by atoms with Crippen LogP contribution in [0.15, 0.2) is 170 Å². The number of unbranched alkanes of at least 4 members (excludes halogenated alkanes) is 20. The third-order valence-corrected chi connectivity index (χ3v) is 13.7. The van der Waals surface area contributed by atoms with E-state index in [1.54, 1.807) is 0 Å². The minimum absolute atomic E-state index is 0.116. The summed E-state index contributed by atoms with van der Waals surface area (Å²) in [4.78, 5) is 38.4. The van der Waals surface area contributed by atoms with Crippen LogP contribution in [-0.4, -0.2) is 37.2 Å². The average molecular weight is 1140 g/mol. The number of esters is 3. The highest BCUT2D eigenvalue weighted by Crippen LogP contribution is 2.14. The number of hydrogen-bond acceptors (Lipinski definition) is 6. The zero-order valence-corrected chi connectivity index (χ0v) is 53.4. The summed E-state index contributed by atoms with van der Waals surface area (Å²) in [5.74, 6) is -1.01. The zero-order valence-electron chi connectivity index (χ0n) is 53.4. The average Bonchev–Trinajstić information content (AvgIpc) is 3.49. The molecule has 0 aromatic carbocycles. The Morgan fingerprint density at radius 3 is 0.807 bits per heavy atom. The smallest absolute Gasteiger partial charge is 0.306 e. The van der Waals surface area contributed by atoms with Crippen LogP contribution in [0.25, 0.3) is 0 Å². The molecule has 1 unspecified atom stereocenters. The topological polar surface area (TPSA) is 78.9 Å². The van der Waals surface area contributed by atoms with Crippen LogP contribution >= 0.6 is 0 Å². The Hall–Kier alpha value is -5.23. The zero-order chi connectivity index (χ0) is 59.9. The first-order valence-corrected chi connectivity index (χ1v) is 33.6. The van der Waals surface area contributed by atoms with Crippen LogP contribution in [0.4, 0.5) is 0 Å². The minimum Gasteiger partial charge on any atom is -0.462 e. The van der Waals surface area contributed by atoms with Crippen LogP contribution in [0.1, 0.15) is 278 Å². The molecule has 0 spiro atoms. The molecule has 0 saturated carbocycles. The quantitative estimate of drug-likeness (QED) is 0.0261. The van der Waals surface area contributed by atoms with E-state index in [1.807, 2.05) is 0 Å². The van der Waals surface area contributed by atoms with Crippen LogP contribution in [0.3, 0.4) is 0 Å². The third kappa shape index (κ3) is 67.4. The van der Waals surface area contributed by atoms with Crippen molar-refractivity contribution in [2.24, 2.45) is 0 Å². The first kappa shape index (κ1) is 77.8.